The van der Waals surface area contributed by atoms with Crippen molar-refractivity contribution in [1.82, 2.24) is 0 Å². The molecule has 1 aromatic heterocycles. The van der Waals surface area contributed by atoms with E-state index in [9.17, 15) is 14.9 Å². The van der Waals surface area contributed by atoms with Gasteiger partial charge in [0.25, 0.3) is 5.91 Å². The van der Waals surface area contributed by atoms with Crippen molar-refractivity contribution < 1.29 is 28.2 Å². The highest BCUT2D eigenvalue weighted by Crippen LogP contribution is 2.30. The normalized spacial score (nSPS) is 10.6. The Hall–Kier alpha value is -4.22. The number of furan rings is 1. The number of halogens is 1. The zero-order chi connectivity index (χ0) is 24.7. The van der Waals surface area contributed by atoms with Crippen molar-refractivity contribution in [2.24, 2.45) is 0 Å². The molecule has 0 atom stereocenters. The van der Waals surface area contributed by atoms with Crippen LogP contribution in [0.4, 0.5) is 5.88 Å². The predicted octanol–water partition coefficient (Wildman–Crippen LogP) is 5.14. The third-order valence-electron chi connectivity index (χ3n) is 4.74. The highest BCUT2D eigenvalue weighted by molar-refractivity contribution is 6.30. The third kappa shape index (κ3) is 5.77. The van der Waals surface area contributed by atoms with Gasteiger partial charge in [0.05, 0.1) is 14.2 Å². The fourth-order valence-corrected chi connectivity index (χ4v) is 3.19. The molecule has 3 rings (SSSR count). The van der Waals surface area contributed by atoms with Crippen LogP contribution in [0.15, 0.2) is 53.0 Å². The maximum Gasteiger partial charge on any atom is 0.342 e. The second-order valence-corrected chi connectivity index (χ2v) is 7.43. The molecule has 3 aromatic rings. The zero-order valence-corrected chi connectivity index (χ0v) is 19.4. The number of aryl methyl sites for hydroxylation is 1. The number of ether oxygens (including phenoxy) is 3. The average Bonchev–Trinajstić information content (AvgIpc) is 3.16. The van der Waals surface area contributed by atoms with Crippen LogP contribution in [-0.4, -0.2) is 26.1 Å². The lowest BCUT2D eigenvalue weighted by atomic mass is 10.1. The monoisotopic (exact) mass is 480 g/mol. The molecule has 0 radical (unpaired) electrons. The van der Waals surface area contributed by atoms with Crippen molar-refractivity contribution in [2.75, 3.05) is 19.5 Å². The Labute approximate surface area is 201 Å². The summed E-state index contributed by atoms with van der Waals surface area (Å²) in [7, 11) is 2.71. The highest BCUT2D eigenvalue weighted by atomic mass is 35.5. The molecule has 2 aromatic carbocycles. The van der Waals surface area contributed by atoms with Gasteiger partial charge in [-0.3, -0.25) is 10.1 Å². The Balaban J connectivity index is 1.69. The Morgan fingerprint density at radius 1 is 1.15 bits per heavy atom. The lowest BCUT2D eigenvalue weighted by Gasteiger charge is -2.11. The van der Waals surface area contributed by atoms with E-state index in [0.717, 1.165) is 5.56 Å². The molecule has 0 aliphatic rings. The van der Waals surface area contributed by atoms with Gasteiger partial charge in [-0.2, -0.15) is 5.26 Å². The molecule has 0 fully saturated rings. The summed E-state index contributed by atoms with van der Waals surface area (Å²) in [4.78, 5) is 24.2. The summed E-state index contributed by atoms with van der Waals surface area (Å²) in [5.74, 6) is -0.199. The van der Waals surface area contributed by atoms with Crippen molar-refractivity contribution in [1.29, 1.82) is 5.26 Å². The number of nitrogens with one attached hydrogen (secondary N) is 1. The molecule has 1 N–H and O–H groups in total. The first-order valence-electron chi connectivity index (χ1n) is 10.0. The number of carbonyl (C=O) groups is 2. The number of anilines is 1. The molecule has 1 heterocycles. The first-order chi connectivity index (χ1) is 16.4. The largest absolute Gasteiger partial charge is 0.493 e. The van der Waals surface area contributed by atoms with Crippen LogP contribution in [0.5, 0.6) is 11.5 Å². The summed E-state index contributed by atoms with van der Waals surface area (Å²) in [5, 5.41) is 12.5. The van der Waals surface area contributed by atoms with Gasteiger partial charge >= 0.3 is 5.97 Å². The summed E-state index contributed by atoms with van der Waals surface area (Å²) < 4.78 is 21.3. The predicted molar refractivity (Wildman–Crippen MR) is 126 cm³/mol. The van der Waals surface area contributed by atoms with Gasteiger partial charge in [-0.15, -0.1) is 0 Å². The lowest BCUT2D eigenvalue weighted by molar-refractivity contribution is -0.111. The van der Waals surface area contributed by atoms with Crippen molar-refractivity contribution >= 4 is 35.4 Å². The number of nitriles is 1. The fourth-order valence-electron chi connectivity index (χ4n) is 3.06. The minimum absolute atomic E-state index is 0.0248. The molecule has 0 aliphatic carbocycles. The van der Waals surface area contributed by atoms with Crippen LogP contribution >= 0.6 is 11.6 Å². The summed E-state index contributed by atoms with van der Waals surface area (Å²) in [6.07, 6.45) is 2.82. The maximum atomic E-state index is 12.4. The van der Waals surface area contributed by atoms with E-state index in [2.05, 4.69) is 10.1 Å². The molecule has 0 bridgehead atoms. The quantitative estimate of drug-likeness (QED) is 0.351. The molecule has 1 amide bonds. The van der Waals surface area contributed by atoms with E-state index in [0.29, 0.717) is 28.7 Å². The minimum atomic E-state index is -0.723. The minimum Gasteiger partial charge on any atom is -0.493 e. The Morgan fingerprint density at radius 3 is 2.53 bits per heavy atom. The number of hydrogen-bond acceptors (Lipinski definition) is 7. The molecular weight excluding hydrogens is 460 g/mol. The van der Waals surface area contributed by atoms with Gasteiger partial charge in [-0.05, 0) is 48.4 Å². The molecule has 0 aliphatic heterocycles. The van der Waals surface area contributed by atoms with Gasteiger partial charge in [0, 0.05) is 11.1 Å². The lowest BCUT2D eigenvalue weighted by Crippen LogP contribution is -2.09. The number of methoxy groups -OCH3 is 2. The van der Waals surface area contributed by atoms with Crippen LogP contribution in [0.1, 0.15) is 32.8 Å². The first-order valence-corrected chi connectivity index (χ1v) is 10.4. The van der Waals surface area contributed by atoms with E-state index in [1.165, 1.54) is 27.2 Å². The molecular formula is C25H21ClN2O6. The van der Waals surface area contributed by atoms with Crippen LogP contribution in [0.25, 0.3) is 6.08 Å². The topological polar surface area (TPSA) is 111 Å². The van der Waals surface area contributed by atoms with Crippen molar-refractivity contribution in [2.45, 2.75) is 13.5 Å². The molecule has 9 heteroatoms. The van der Waals surface area contributed by atoms with E-state index in [1.54, 1.807) is 36.4 Å². The highest BCUT2D eigenvalue weighted by Gasteiger charge is 2.25. The summed E-state index contributed by atoms with van der Waals surface area (Å²) >= 11 is 5.90. The smallest absolute Gasteiger partial charge is 0.342 e. The summed E-state index contributed by atoms with van der Waals surface area (Å²) in [6, 6.07) is 14.4. The van der Waals surface area contributed by atoms with Crippen molar-refractivity contribution in [3.63, 3.8) is 0 Å². The van der Waals surface area contributed by atoms with Crippen molar-refractivity contribution in [3.05, 3.63) is 81.6 Å². The molecule has 174 valence electrons. The number of amides is 1. The first kappa shape index (κ1) is 24.4. The Bertz CT molecular complexity index is 1270. The van der Waals surface area contributed by atoms with Crippen LogP contribution in [0.2, 0.25) is 5.02 Å². The number of hydrogen-bond donors (Lipinski definition) is 1. The molecule has 0 saturated heterocycles. The van der Waals surface area contributed by atoms with E-state index >= 15 is 0 Å². The number of nitrogens with zero attached hydrogens (tertiary/aromatic N) is 1. The van der Waals surface area contributed by atoms with E-state index in [4.69, 9.17) is 25.5 Å². The van der Waals surface area contributed by atoms with Crippen molar-refractivity contribution in [3.8, 4) is 17.6 Å². The molecule has 0 saturated carbocycles. The van der Waals surface area contributed by atoms with E-state index < -0.39 is 11.9 Å². The zero-order valence-electron chi connectivity index (χ0n) is 18.7. The SMILES string of the molecule is COC(=O)c1c(C)oc(NC(=O)/C=C/c2ccc(OCc3ccc(Cl)cc3)c(OC)c2)c1C#N. The summed E-state index contributed by atoms with van der Waals surface area (Å²) in [5.41, 5.74) is 1.50. The molecule has 8 nitrogen and oxygen atoms in total. The average molecular weight is 481 g/mol. The second-order valence-electron chi connectivity index (χ2n) is 6.99. The van der Waals surface area contributed by atoms with Gasteiger partial charge < -0.3 is 18.6 Å². The van der Waals surface area contributed by atoms with Crippen LogP contribution < -0.4 is 14.8 Å². The maximum absolute atomic E-state index is 12.4. The van der Waals surface area contributed by atoms with E-state index in [-0.39, 0.29) is 22.8 Å². The Morgan fingerprint density at radius 2 is 1.88 bits per heavy atom. The second kappa shape index (κ2) is 11.1. The Kier molecular flexibility index (Phi) is 7.96. The fraction of sp³-hybridized carbons (Fsp3) is 0.160. The third-order valence-corrected chi connectivity index (χ3v) is 5.00. The van der Waals surface area contributed by atoms with E-state index in [1.807, 2.05) is 18.2 Å². The van der Waals surface area contributed by atoms with Gasteiger partial charge in [-0.1, -0.05) is 29.8 Å². The molecule has 34 heavy (non-hydrogen) atoms. The number of carbonyl (C=O) groups excluding carboxylic acids is 2. The van der Waals surface area contributed by atoms with Gasteiger partial charge in [0.1, 0.15) is 29.6 Å². The van der Waals surface area contributed by atoms with Crippen LogP contribution in [0, 0.1) is 18.3 Å². The molecule has 0 spiro atoms. The van der Waals surface area contributed by atoms with Gasteiger partial charge in [0.2, 0.25) is 5.88 Å². The number of esters is 1. The number of benzene rings is 2. The van der Waals surface area contributed by atoms with Crippen LogP contribution in [-0.2, 0) is 16.1 Å². The summed E-state index contributed by atoms with van der Waals surface area (Å²) in [6.45, 7) is 1.84. The van der Waals surface area contributed by atoms with Gasteiger partial charge in [-0.25, -0.2) is 4.79 Å². The number of rotatable bonds is 8. The standard InChI is InChI=1S/C25H21ClN2O6/c1-15-23(25(30)32-3)19(13-27)24(34-15)28-22(29)11-7-16-6-10-20(21(12-16)31-2)33-14-17-4-8-18(26)9-5-17/h4-12H,14H2,1-3H3,(H,28,29)/b11-7+. The van der Waals surface area contributed by atoms with Gasteiger partial charge in [0.15, 0.2) is 11.5 Å². The van der Waals surface area contributed by atoms with Crippen LogP contribution in [0.3, 0.4) is 0 Å². The molecule has 0 unspecified atom stereocenters.